The Balaban J connectivity index is 1.70. The summed E-state index contributed by atoms with van der Waals surface area (Å²) in [6.45, 7) is 5.08. The van der Waals surface area contributed by atoms with E-state index >= 15 is 0 Å². The molecule has 1 N–H and O–H groups in total. The van der Waals surface area contributed by atoms with Crippen LogP contribution >= 0.6 is 12.2 Å². The van der Waals surface area contributed by atoms with Crippen molar-refractivity contribution in [2.75, 3.05) is 46.9 Å². The van der Waals surface area contributed by atoms with Crippen LogP contribution in [0.15, 0.2) is 24.3 Å². The van der Waals surface area contributed by atoms with E-state index in [0.29, 0.717) is 0 Å². The molecule has 1 aliphatic rings. The lowest BCUT2D eigenvalue weighted by Gasteiger charge is -2.34. The SMILES string of the molecule is COc1ccc(CCNC(=S)N2CCN(C)CC2)cc1. The first-order valence-corrected chi connectivity index (χ1v) is 7.44. The summed E-state index contributed by atoms with van der Waals surface area (Å²) in [5.41, 5.74) is 1.29. The van der Waals surface area contributed by atoms with Crippen molar-refractivity contribution in [3.8, 4) is 5.75 Å². The molecule has 1 saturated heterocycles. The van der Waals surface area contributed by atoms with Crippen molar-refractivity contribution in [1.29, 1.82) is 0 Å². The molecule has 0 spiro atoms. The Kier molecular flexibility index (Phi) is 5.61. The van der Waals surface area contributed by atoms with Crippen LogP contribution in [-0.2, 0) is 6.42 Å². The molecule has 0 radical (unpaired) electrons. The Morgan fingerprint density at radius 3 is 2.45 bits per heavy atom. The minimum atomic E-state index is 0.873. The minimum absolute atomic E-state index is 0.873. The Hall–Kier alpha value is -1.33. The van der Waals surface area contributed by atoms with Gasteiger partial charge in [0.15, 0.2) is 5.11 Å². The Morgan fingerprint density at radius 1 is 1.20 bits per heavy atom. The van der Waals surface area contributed by atoms with Crippen LogP contribution in [0.25, 0.3) is 0 Å². The molecule has 110 valence electrons. The molecule has 0 atom stereocenters. The molecule has 1 aromatic carbocycles. The number of likely N-dealkylation sites (N-methyl/N-ethyl adjacent to an activating group) is 1. The molecule has 0 aliphatic carbocycles. The number of ether oxygens (including phenoxy) is 1. The third kappa shape index (κ3) is 4.35. The highest BCUT2D eigenvalue weighted by molar-refractivity contribution is 7.80. The topological polar surface area (TPSA) is 27.7 Å². The molecule has 1 aliphatic heterocycles. The van der Waals surface area contributed by atoms with Gasteiger partial charge in [0.05, 0.1) is 7.11 Å². The number of hydrogen-bond donors (Lipinski definition) is 1. The van der Waals surface area contributed by atoms with Gasteiger partial charge in [-0.1, -0.05) is 12.1 Å². The quantitative estimate of drug-likeness (QED) is 0.846. The van der Waals surface area contributed by atoms with E-state index in [1.54, 1.807) is 7.11 Å². The fraction of sp³-hybridized carbons (Fsp3) is 0.533. The molecule has 0 aromatic heterocycles. The molecular weight excluding hydrogens is 270 g/mol. The molecule has 1 fully saturated rings. The van der Waals surface area contributed by atoms with Crippen molar-refractivity contribution >= 4 is 17.3 Å². The van der Waals surface area contributed by atoms with Crippen molar-refractivity contribution in [2.24, 2.45) is 0 Å². The van der Waals surface area contributed by atoms with Crippen molar-refractivity contribution in [2.45, 2.75) is 6.42 Å². The van der Waals surface area contributed by atoms with Gasteiger partial charge in [0.2, 0.25) is 0 Å². The van der Waals surface area contributed by atoms with Crippen molar-refractivity contribution in [3.63, 3.8) is 0 Å². The summed E-state index contributed by atoms with van der Waals surface area (Å²) in [4.78, 5) is 4.58. The maximum Gasteiger partial charge on any atom is 0.169 e. The molecule has 5 heteroatoms. The molecule has 1 heterocycles. The Bertz CT molecular complexity index is 427. The second-order valence-electron chi connectivity index (χ2n) is 5.12. The summed E-state index contributed by atoms with van der Waals surface area (Å²) in [7, 11) is 3.84. The van der Waals surface area contributed by atoms with E-state index in [4.69, 9.17) is 17.0 Å². The zero-order valence-electron chi connectivity index (χ0n) is 12.3. The normalized spacial score (nSPS) is 16.0. The first kappa shape index (κ1) is 15.1. The Morgan fingerprint density at radius 2 is 1.85 bits per heavy atom. The summed E-state index contributed by atoms with van der Waals surface area (Å²) in [6.07, 6.45) is 0.970. The predicted molar refractivity (Wildman–Crippen MR) is 86.4 cm³/mol. The molecule has 1 aromatic rings. The van der Waals surface area contributed by atoms with Gasteiger partial charge < -0.3 is 19.9 Å². The van der Waals surface area contributed by atoms with Gasteiger partial charge in [-0.15, -0.1) is 0 Å². The first-order chi connectivity index (χ1) is 9.69. The third-order valence-corrected chi connectivity index (χ3v) is 4.04. The van der Waals surface area contributed by atoms with Gasteiger partial charge >= 0.3 is 0 Å². The van der Waals surface area contributed by atoms with Gasteiger partial charge in [-0.3, -0.25) is 0 Å². The van der Waals surface area contributed by atoms with Crippen LogP contribution in [0.1, 0.15) is 5.56 Å². The van der Waals surface area contributed by atoms with Crippen LogP contribution in [0.5, 0.6) is 5.75 Å². The van der Waals surface area contributed by atoms with E-state index in [1.165, 1.54) is 5.56 Å². The molecule has 0 bridgehead atoms. The maximum atomic E-state index is 5.44. The van der Waals surface area contributed by atoms with E-state index in [-0.39, 0.29) is 0 Å². The molecule has 0 unspecified atom stereocenters. The van der Waals surface area contributed by atoms with E-state index in [9.17, 15) is 0 Å². The highest BCUT2D eigenvalue weighted by Crippen LogP contribution is 2.11. The smallest absolute Gasteiger partial charge is 0.169 e. The van der Waals surface area contributed by atoms with E-state index in [2.05, 4.69) is 34.3 Å². The summed E-state index contributed by atoms with van der Waals surface area (Å²) >= 11 is 5.44. The van der Waals surface area contributed by atoms with Crippen molar-refractivity contribution < 1.29 is 4.74 Å². The van der Waals surface area contributed by atoms with Crippen molar-refractivity contribution in [1.82, 2.24) is 15.1 Å². The monoisotopic (exact) mass is 293 g/mol. The van der Waals surface area contributed by atoms with Gasteiger partial charge in [-0.05, 0) is 43.4 Å². The van der Waals surface area contributed by atoms with Crippen LogP contribution < -0.4 is 10.1 Å². The van der Waals surface area contributed by atoms with Crippen molar-refractivity contribution in [3.05, 3.63) is 29.8 Å². The molecule has 0 amide bonds. The zero-order chi connectivity index (χ0) is 14.4. The summed E-state index contributed by atoms with van der Waals surface area (Å²) in [6, 6.07) is 8.18. The lowest BCUT2D eigenvalue weighted by atomic mass is 10.1. The van der Waals surface area contributed by atoms with Crippen LogP contribution in [0.2, 0.25) is 0 Å². The number of benzene rings is 1. The van der Waals surface area contributed by atoms with Crippen LogP contribution in [-0.4, -0.2) is 61.8 Å². The van der Waals surface area contributed by atoms with E-state index in [0.717, 1.165) is 50.0 Å². The van der Waals surface area contributed by atoms with Gasteiger partial charge in [0.25, 0.3) is 0 Å². The number of thiocarbonyl (C=S) groups is 1. The van der Waals surface area contributed by atoms with Gasteiger partial charge in [-0.25, -0.2) is 0 Å². The number of nitrogens with zero attached hydrogens (tertiary/aromatic N) is 2. The van der Waals surface area contributed by atoms with Crippen LogP contribution in [0, 0.1) is 0 Å². The van der Waals surface area contributed by atoms with E-state index < -0.39 is 0 Å². The molecule has 0 saturated carbocycles. The predicted octanol–water partition coefficient (Wildman–Crippen LogP) is 1.36. The molecule has 2 rings (SSSR count). The maximum absolute atomic E-state index is 5.44. The average Bonchev–Trinajstić information content (AvgIpc) is 2.48. The Labute approximate surface area is 126 Å². The summed E-state index contributed by atoms with van der Waals surface area (Å²) in [5.74, 6) is 0.898. The minimum Gasteiger partial charge on any atom is -0.497 e. The molecule has 4 nitrogen and oxygen atoms in total. The lowest BCUT2D eigenvalue weighted by molar-refractivity contribution is 0.214. The number of hydrogen-bond acceptors (Lipinski definition) is 3. The van der Waals surface area contributed by atoms with Gasteiger partial charge in [0, 0.05) is 32.7 Å². The second kappa shape index (κ2) is 7.45. The highest BCUT2D eigenvalue weighted by Gasteiger charge is 2.15. The van der Waals surface area contributed by atoms with Crippen LogP contribution in [0.3, 0.4) is 0 Å². The second-order valence-corrected chi connectivity index (χ2v) is 5.51. The van der Waals surface area contributed by atoms with Gasteiger partial charge in [0.1, 0.15) is 5.75 Å². The molecule has 20 heavy (non-hydrogen) atoms. The number of piperazine rings is 1. The van der Waals surface area contributed by atoms with Gasteiger partial charge in [-0.2, -0.15) is 0 Å². The fourth-order valence-corrected chi connectivity index (χ4v) is 2.51. The largest absolute Gasteiger partial charge is 0.497 e. The third-order valence-electron chi connectivity index (χ3n) is 3.64. The standard InChI is InChI=1S/C15H23N3OS/c1-17-9-11-18(12-10-17)15(20)16-8-7-13-3-5-14(19-2)6-4-13/h3-6H,7-12H2,1-2H3,(H,16,20). The number of methoxy groups -OCH3 is 1. The average molecular weight is 293 g/mol. The first-order valence-electron chi connectivity index (χ1n) is 7.03. The summed E-state index contributed by atoms with van der Waals surface area (Å²) < 4.78 is 5.15. The molecular formula is C15H23N3OS. The number of rotatable bonds is 4. The fourth-order valence-electron chi connectivity index (χ4n) is 2.23. The van der Waals surface area contributed by atoms with Crippen LogP contribution in [0.4, 0.5) is 0 Å². The number of nitrogens with one attached hydrogen (secondary N) is 1. The highest BCUT2D eigenvalue weighted by atomic mass is 32.1. The zero-order valence-corrected chi connectivity index (χ0v) is 13.1. The lowest BCUT2D eigenvalue weighted by Crippen LogP contribution is -2.50. The van der Waals surface area contributed by atoms with E-state index in [1.807, 2.05) is 12.1 Å². The summed E-state index contributed by atoms with van der Waals surface area (Å²) in [5, 5.41) is 4.23.